The molecule has 0 saturated heterocycles. The second-order valence-electron chi connectivity index (χ2n) is 4.73. The Hall–Kier alpha value is -1.33. The topological polar surface area (TPSA) is 79.5 Å². The molecule has 0 bridgehead atoms. The molecule has 1 aliphatic carbocycles. The Bertz CT molecular complexity index is 463. The number of aliphatic hydroxyl groups is 1. The zero-order valence-corrected chi connectivity index (χ0v) is 11.4. The van der Waals surface area contributed by atoms with Crippen molar-refractivity contribution in [2.45, 2.75) is 31.7 Å². The summed E-state index contributed by atoms with van der Waals surface area (Å²) in [4.78, 5) is 18.3. The molecule has 0 spiro atoms. The largest absolute Gasteiger partial charge is 0.396 e. The first-order valence-electron chi connectivity index (χ1n) is 6.47. The highest BCUT2D eigenvalue weighted by molar-refractivity contribution is 6.33. The number of aromatic nitrogens is 1. The Kier molecular flexibility index (Phi) is 4.61. The number of nitrogens with zero attached hydrogens (tertiary/aromatic N) is 2. The maximum atomic E-state index is 12.5. The van der Waals surface area contributed by atoms with E-state index in [1.54, 1.807) is 17.0 Å². The Balaban J connectivity index is 2.19. The Morgan fingerprint density at radius 2 is 2.26 bits per heavy atom. The average Bonchev–Trinajstić information content (AvgIpc) is 2.34. The van der Waals surface area contributed by atoms with E-state index in [0.29, 0.717) is 18.0 Å². The third-order valence-electron chi connectivity index (χ3n) is 3.40. The van der Waals surface area contributed by atoms with Gasteiger partial charge < -0.3 is 15.7 Å². The van der Waals surface area contributed by atoms with Gasteiger partial charge in [-0.05, 0) is 37.8 Å². The molecule has 1 heterocycles. The van der Waals surface area contributed by atoms with Gasteiger partial charge in [0, 0.05) is 19.2 Å². The van der Waals surface area contributed by atoms with Crippen LogP contribution >= 0.6 is 11.6 Å². The van der Waals surface area contributed by atoms with Crippen molar-refractivity contribution in [3.63, 3.8) is 0 Å². The van der Waals surface area contributed by atoms with Crippen molar-refractivity contribution >= 4 is 23.3 Å². The smallest absolute Gasteiger partial charge is 0.274 e. The van der Waals surface area contributed by atoms with Crippen molar-refractivity contribution in [2.24, 2.45) is 0 Å². The molecule has 104 valence electrons. The van der Waals surface area contributed by atoms with Crippen molar-refractivity contribution in [2.75, 3.05) is 18.9 Å². The lowest BCUT2D eigenvalue weighted by Gasteiger charge is -2.37. The maximum absolute atomic E-state index is 12.5. The fourth-order valence-corrected chi connectivity index (χ4v) is 2.32. The molecule has 3 N–H and O–H groups in total. The summed E-state index contributed by atoms with van der Waals surface area (Å²) in [6.07, 6.45) is 3.68. The van der Waals surface area contributed by atoms with Crippen molar-refractivity contribution < 1.29 is 9.90 Å². The van der Waals surface area contributed by atoms with Crippen LogP contribution in [0, 0.1) is 0 Å². The van der Waals surface area contributed by atoms with E-state index in [-0.39, 0.29) is 30.1 Å². The van der Waals surface area contributed by atoms with Gasteiger partial charge in [0.1, 0.15) is 11.5 Å². The summed E-state index contributed by atoms with van der Waals surface area (Å²) in [5, 5.41) is 9.25. The van der Waals surface area contributed by atoms with E-state index in [4.69, 9.17) is 22.4 Å². The van der Waals surface area contributed by atoms with Crippen molar-refractivity contribution in [3.05, 3.63) is 22.8 Å². The second kappa shape index (κ2) is 6.21. The molecule has 1 amide bonds. The van der Waals surface area contributed by atoms with Crippen LogP contribution in [0.15, 0.2) is 12.1 Å². The van der Waals surface area contributed by atoms with Gasteiger partial charge >= 0.3 is 0 Å². The summed E-state index contributed by atoms with van der Waals surface area (Å²) < 4.78 is 0. The predicted molar refractivity (Wildman–Crippen MR) is 74.0 cm³/mol. The van der Waals surface area contributed by atoms with E-state index in [1.807, 2.05) is 0 Å². The second-order valence-corrected chi connectivity index (χ2v) is 5.13. The molecule has 1 fully saturated rings. The third kappa shape index (κ3) is 3.16. The Labute approximate surface area is 117 Å². The Morgan fingerprint density at radius 3 is 2.84 bits per heavy atom. The number of nitrogen functional groups attached to an aromatic ring is 1. The van der Waals surface area contributed by atoms with E-state index in [2.05, 4.69) is 4.98 Å². The van der Waals surface area contributed by atoms with Gasteiger partial charge in [-0.1, -0.05) is 11.6 Å². The molecule has 1 aliphatic rings. The van der Waals surface area contributed by atoms with Crippen LogP contribution in [0.25, 0.3) is 0 Å². The number of carbonyl (C=O) groups is 1. The summed E-state index contributed by atoms with van der Waals surface area (Å²) in [7, 11) is 0. The zero-order chi connectivity index (χ0) is 13.8. The molecule has 1 aromatic heterocycles. The van der Waals surface area contributed by atoms with Crippen LogP contribution in [0.1, 0.15) is 36.2 Å². The van der Waals surface area contributed by atoms with Gasteiger partial charge in [0.2, 0.25) is 0 Å². The van der Waals surface area contributed by atoms with E-state index in [9.17, 15) is 4.79 Å². The summed E-state index contributed by atoms with van der Waals surface area (Å²) in [5.74, 6) is 0.0823. The average molecular weight is 284 g/mol. The van der Waals surface area contributed by atoms with Gasteiger partial charge in [0.05, 0.1) is 5.02 Å². The lowest BCUT2D eigenvalue weighted by molar-refractivity contribution is 0.0557. The fourth-order valence-electron chi connectivity index (χ4n) is 2.13. The molecule has 19 heavy (non-hydrogen) atoms. The molecule has 0 radical (unpaired) electrons. The van der Waals surface area contributed by atoms with Crippen molar-refractivity contribution in [1.29, 1.82) is 0 Å². The van der Waals surface area contributed by atoms with Crippen LogP contribution < -0.4 is 5.73 Å². The number of amides is 1. The minimum Gasteiger partial charge on any atom is -0.396 e. The predicted octanol–water partition coefficient (Wildman–Crippen LogP) is 1.69. The highest BCUT2D eigenvalue weighted by Gasteiger charge is 2.30. The summed E-state index contributed by atoms with van der Waals surface area (Å²) in [5.41, 5.74) is 5.81. The SMILES string of the molecule is Nc1ccc(Cl)c(C(=O)N(CCCO)C2CCC2)n1. The van der Waals surface area contributed by atoms with Crippen molar-refractivity contribution in [3.8, 4) is 0 Å². The highest BCUT2D eigenvalue weighted by atomic mass is 35.5. The normalized spacial score (nSPS) is 15.1. The van der Waals surface area contributed by atoms with E-state index in [1.165, 1.54) is 0 Å². The minimum absolute atomic E-state index is 0.0641. The summed E-state index contributed by atoms with van der Waals surface area (Å²) in [6, 6.07) is 3.39. The molecule has 2 rings (SSSR count). The lowest BCUT2D eigenvalue weighted by atomic mass is 9.91. The molecule has 1 aromatic rings. The maximum Gasteiger partial charge on any atom is 0.274 e. The first-order chi connectivity index (χ1) is 9.13. The number of rotatable bonds is 5. The molecule has 0 unspecified atom stereocenters. The van der Waals surface area contributed by atoms with Gasteiger partial charge in [-0.15, -0.1) is 0 Å². The van der Waals surface area contributed by atoms with Gasteiger partial charge in [0.15, 0.2) is 0 Å². The molecule has 0 aliphatic heterocycles. The standard InChI is InChI=1S/C13H18ClN3O2/c14-10-5-6-11(15)16-12(10)13(19)17(7-2-8-18)9-3-1-4-9/h5-6,9,18H,1-4,7-8H2,(H2,15,16). The third-order valence-corrected chi connectivity index (χ3v) is 3.71. The number of nitrogens with two attached hydrogens (primary N) is 1. The van der Waals surface area contributed by atoms with Gasteiger partial charge in [-0.2, -0.15) is 0 Å². The molecule has 0 atom stereocenters. The zero-order valence-electron chi connectivity index (χ0n) is 10.7. The number of carbonyl (C=O) groups excluding carboxylic acids is 1. The summed E-state index contributed by atoms with van der Waals surface area (Å²) in [6.45, 7) is 0.585. The molecular weight excluding hydrogens is 266 g/mol. The molecule has 6 heteroatoms. The monoisotopic (exact) mass is 283 g/mol. The number of anilines is 1. The Morgan fingerprint density at radius 1 is 1.53 bits per heavy atom. The van der Waals surface area contributed by atoms with Gasteiger partial charge in [-0.3, -0.25) is 4.79 Å². The molecule has 0 aromatic carbocycles. The van der Waals surface area contributed by atoms with Gasteiger partial charge in [-0.25, -0.2) is 4.98 Å². The summed E-state index contributed by atoms with van der Waals surface area (Å²) >= 11 is 6.02. The number of hydrogen-bond acceptors (Lipinski definition) is 4. The lowest BCUT2D eigenvalue weighted by Crippen LogP contribution is -2.45. The van der Waals surface area contributed by atoms with E-state index < -0.39 is 0 Å². The minimum atomic E-state index is -0.199. The van der Waals surface area contributed by atoms with Crippen LogP contribution in [0.2, 0.25) is 5.02 Å². The van der Waals surface area contributed by atoms with Crippen LogP contribution in [0.4, 0.5) is 5.82 Å². The molecule has 5 nitrogen and oxygen atoms in total. The molecule has 1 saturated carbocycles. The number of hydrogen-bond donors (Lipinski definition) is 2. The quantitative estimate of drug-likeness (QED) is 0.862. The highest BCUT2D eigenvalue weighted by Crippen LogP contribution is 2.27. The van der Waals surface area contributed by atoms with Crippen LogP contribution in [-0.2, 0) is 0 Å². The van der Waals surface area contributed by atoms with Gasteiger partial charge in [0.25, 0.3) is 5.91 Å². The number of aliphatic hydroxyl groups excluding tert-OH is 1. The fraction of sp³-hybridized carbons (Fsp3) is 0.538. The molecular formula is C13H18ClN3O2. The van der Waals surface area contributed by atoms with Crippen molar-refractivity contribution in [1.82, 2.24) is 9.88 Å². The first kappa shape index (κ1) is 14.1. The van der Waals surface area contributed by atoms with E-state index >= 15 is 0 Å². The van der Waals surface area contributed by atoms with Crippen LogP contribution in [-0.4, -0.2) is 40.1 Å². The number of pyridine rings is 1. The van der Waals surface area contributed by atoms with Crippen LogP contribution in [0.3, 0.4) is 0 Å². The van der Waals surface area contributed by atoms with E-state index in [0.717, 1.165) is 19.3 Å². The number of halogens is 1. The first-order valence-corrected chi connectivity index (χ1v) is 6.85. The van der Waals surface area contributed by atoms with Crippen LogP contribution in [0.5, 0.6) is 0 Å².